The molecule has 1 unspecified atom stereocenters. The summed E-state index contributed by atoms with van der Waals surface area (Å²) < 4.78 is 16.6. The van der Waals surface area contributed by atoms with Crippen LogP contribution in [0.25, 0.3) is 17.0 Å². The standard InChI is InChI=1S/C29H28N4O4/c1-18-8-7-10-21(16-18)27-31-28(37-32-27)25-19(2)33(17-22-9-5-6-11-24(22)36-4)29(34)30-26(25)20-12-14-23(35-3)15-13-20/h5-16,26H,17H2,1-4H3,(H,30,34). The van der Waals surface area contributed by atoms with Crippen LogP contribution in [0.4, 0.5) is 4.79 Å². The number of aryl methyl sites for hydroxylation is 1. The molecule has 0 spiro atoms. The molecule has 0 radical (unpaired) electrons. The highest BCUT2D eigenvalue weighted by Gasteiger charge is 2.36. The van der Waals surface area contributed by atoms with Gasteiger partial charge in [0.2, 0.25) is 5.82 Å². The van der Waals surface area contributed by atoms with Gasteiger partial charge in [-0.1, -0.05) is 59.3 Å². The van der Waals surface area contributed by atoms with Gasteiger partial charge in [0.25, 0.3) is 5.89 Å². The lowest BCUT2D eigenvalue weighted by Gasteiger charge is -2.35. The van der Waals surface area contributed by atoms with Crippen molar-refractivity contribution in [3.63, 3.8) is 0 Å². The van der Waals surface area contributed by atoms with Gasteiger partial charge in [0.05, 0.1) is 32.4 Å². The Morgan fingerprint density at radius 2 is 1.76 bits per heavy atom. The van der Waals surface area contributed by atoms with Gasteiger partial charge < -0.3 is 19.3 Å². The maximum absolute atomic E-state index is 13.4. The van der Waals surface area contributed by atoms with E-state index in [2.05, 4.69) is 10.5 Å². The van der Waals surface area contributed by atoms with E-state index in [4.69, 9.17) is 19.0 Å². The summed E-state index contributed by atoms with van der Waals surface area (Å²) in [6, 6.07) is 22.4. The SMILES string of the molecule is COc1ccc(C2NC(=O)N(Cc3ccccc3OC)C(C)=C2c2nc(-c3cccc(C)c3)no2)cc1. The number of aromatic nitrogens is 2. The normalized spacial score (nSPS) is 15.5. The molecule has 0 saturated carbocycles. The van der Waals surface area contributed by atoms with Crippen molar-refractivity contribution < 1.29 is 18.8 Å². The molecule has 0 fully saturated rings. The molecule has 37 heavy (non-hydrogen) atoms. The van der Waals surface area contributed by atoms with E-state index in [0.29, 0.717) is 24.0 Å². The van der Waals surface area contributed by atoms with Crippen molar-refractivity contribution in [3.8, 4) is 22.9 Å². The number of hydrogen-bond acceptors (Lipinski definition) is 6. The smallest absolute Gasteiger partial charge is 0.322 e. The number of nitrogens with zero attached hydrogens (tertiary/aromatic N) is 3. The third kappa shape index (κ3) is 4.78. The third-order valence-corrected chi connectivity index (χ3v) is 6.50. The molecule has 1 atom stereocenters. The summed E-state index contributed by atoms with van der Waals surface area (Å²) in [5.74, 6) is 2.27. The minimum atomic E-state index is -0.488. The summed E-state index contributed by atoms with van der Waals surface area (Å²) in [7, 11) is 3.24. The van der Waals surface area contributed by atoms with Gasteiger partial charge in [0, 0.05) is 16.8 Å². The molecule has 0 aliphatic carbocycles. The second-order valence-electron chi connectivity index (χ2n) is 8.85. The predicted molar refractivity (Wildman–Crippen MR) is 140 cm³/mol. The number of benzene rings is 3. The first-order valence-corrected chi connectivity index (χ1v) is 11.9. The Labute approximate surface area is 215 Å². The Hall–Kier alpha value is -4.59. The largest absolute Gasteiger partial charge is 0.497 e. The lowest BCUT2D eigenvalue weighted by Crippen LogP contribution is -2.45. The van der Waals surface area contributed by atoms with Crippen LogP contribution in [0, 0.1) is 6.92 Å². The highest BCUT2D eigenvalue weighted by molar-refractivity contribution is 5.87. The quantitative estimate of drug-likeness (QED) is 0.350. The van der Waals surface area contributed by atoms with Crippen LogP contribution in [0.5, 0.6) is 11.5 Å². The number of methoxy groups -OCH3 is 2. The van der Waals surface area contributed by atoms with Crippen molar-refractivity contribution in [2.75, 3.05) is 14.2 Å². The molecule has 3 aromatic carbocycles. The molecule has 1 aliphatic rings. The molecular formula is C29H28N4O4. The first-order chi connectivity index (χ1) is 18.0. The van der Waals surface area contributed by atoms with E-state index in [9.17, 15) is 4.79 Å². The van der Waals surface area contributed by atoms with Crippen LogP contribution in [-0.2, 0) is 6.54 Å². The van der Waals surface area contributed by atoms with E-state index in [1.807, 2.05) is 86.6 Å². The first-order valence-electron chi connectivity index (χ1n) is 11.9. The van der Waals surface area contributed by atoms with Crippen LogP contribution in [0.3, 0.4) is 0 Å². The number of rotatable bonds is 7. The van der Waals surface area contributed by atoms with E-state index < -0.39 is 6.04 Å². The zero-order valence-corrected chi connectivity index (χ0v) is 21.2. The van der Waals surface area contributed by atoms with Crippen LogP contribution < -0.4 is 14.8 Å². The van der Waals surface area contributed by atoms with Crippen molar-refractivity contribution in [2.24, 2.45) is 0 Å². The summed E-state index contributed by atoms with van der Waals surface area (Å²) >= 11 is 0. The molecule has 2 amide bonds. The van der Waals surface area contributed by atoms with E-state index in [1.165, 1.54) is 0 Å². The van der Waals surface area contributed by atoms with E-state index >= 15 is 0 Å². The highest BCUT2D eigenvalue weighted by Crippen LogP contribution is 2.38. The van der Waals surface area contributed by atoms with Gasteiger partial charge in [0.15, 0.2) is 0 Å². The minimum absolute atomic E-state index is 0.230. The van der Waals surface area contributed by atoms with Gasteiger partial charge >= 0.3 is 6.03 Å². The Balaban J connectivity index is 1.60. The van der Waals surface area contributed by atoms with E-state index in [0.717, 1.165) is 39.3 Å². The molecule has 1 aromatic heterocycles. The monoisotopic (exact) mass is 496 g/mol. The average Bonchev–Trinajstić information content (AvgIpc) is 3.41. The van der Waals surface area contributed by atoms with Crippen LogP contribution in [-0.4, -0.2) is 35.3 Å². The number of para-hydroxylation sites is 1. The molecule has 188 valence electrons. The fraction of sp³-hybridized carbons (Fsp3) is 0.207. The van der Waals surface area contributed by atoms with E-state index in [-0.39, 0.29) is 6.03 Å². The van der Waals surface area contributed by atoms with Crippen molar-refractivity contribution in [3.05, 3.63) is 101 Å². The molecule has 0 bridgehead atoms. The lowest BCUT2D eigenvalue weighted by atomic mass is 9.94. The zero-order chi connectivity index (χ0) is 25.9. The third-order valence-electron chi connectivity index (χ3n) is 6.50. The predicted octanol–water partition coefficient (Wildman–Crippen LogP) is 5.76. The number of allylic oxidation sites excluding steroid dienone is 1. The molecule has 8 heteroatoms. The summed E-state index contributed by atoms with van der Waals surface area (Å²) in [5.41, 5.74) is 5.16. The maximum Gasteiger partial charge on any atom is 0.322 e. The molecule has 4 aromatic rings. The average molecular weight is 497 g/mol. The van der Waals surface area contributed by atoms with Gasteiger partial charge in [-0.2, -0.15) is 4.98 Å². The first kappa shape index (κ1) is 24.1. The second-order valence-corrected chi connectivity index (χ2v) is 8.85. The van der Waals surface area contributed by atoms with Crippen LogP contribution in [0.2, 0.25) is 0 Å². The Morgan fingerprint density at radius 3 is 2.49 bits per heavy atom. The van der Waals surface area contributed by atoms with Crippen molar-refractivity contribution in [2.45, 2.75) is 26.4 Å². The van der Waals surface area contributed by atoms with Crippen LogP contribution >= 0.6 is 0 Å². The number of nitrogens with one attached hydrogen (secondary N) is 1. The zero-order valence-electron chi connectivity index (χ0n) is 21.2. The molecule has 1 N–H and O–H groups in total. The van der Waals surface area contributed by atoms with Gasteiger partial charge in [-0.25, -0.2) is 4.79 Å². The fourth-order valence-electron chi connectivity index (χ4n) is 4.53. The van der Waals surface area contributed by atoms with Crippen molar-refractivity contribution in [1.82, 2.24) is 20.4 Å². The Kier molecular flexibility index (Phi) is 6.64. The number of ether oxygens (including phenoxy) is 2. The van der Waals surface area contributed by atoms with E-state index in [1.54, 1.807) is 19.1 Å². The second kappa shape index (κ2) is 10.2. The highest BCUT2D eigenvalue weighted by atomic mass is 16.5. The number of carbonyl (C=O) groups is 1. The molecule has 5 rings (SSSR count). The summed E-state index contributed by atoms with van der Waals surface area (Å²) in [4.78, 5) is 19.8. The van der Waals surface area contributed by atoms with Gasteiger partial charge in [0.1, 0.15) is 11.5 Å². The van der Waals surface area contributed by atoms with Gasteiger partial charge in [-0.05, 0) is 43.7 Å². The number of amides is 2. The molecule has 2 heterocycles. The number of carbonyl (C=O) groups excluding carboxylic acids is 1. The minimum Gasteiger partial charge on any atom is -0.497 e. The molecule has 8 nitrogen and oxygen atoms in total. The topological polar surface area (TPSA) is 89.7 Å². The van der Waals surface area contributed by atoms with Gasteiger partial charge in [-0.15, -0.1) is 0 Å². The summed E-state index contributed by atoms with van der Waals surface area (Å²) in [6.07, 6.45) is 0. The molecular weight excluding hydrogens is 468 g/mol. The summed E-state index contributed by atoms with van der Waals surface area (Å²) in [5, 5.41) is 7.39. The number of hydrogen-bond donors (Lipinski definition) is 1. The van der Waals surface area contributed by atoms with Crippen molar-refractivity contribution >= 4 is 11.6 Å². The van der Waals surface area contributed by atoms with Crippen molar-refractivity contribution in [1.29, 1.82) is 0 Å². The fourth-order valence-corrected chi connectivity index (χ4v) is 4.53. The van der Waals surface area contributed by atoms with Gasteiger partial charge in [-0.3, -0.25) is 4.90 Å². The lowest BCUT2D eigenvalue weighted by molar-refractivity contribution is 0.202. The van der Waals surface area contributed by atoms with Crippen LogP contribution in [0.15, 0.2) is 83.0 Å². The van der Waals surface area contributed by atoms with Crippen LogP contribution in [0.1, 0.15) is 35.5 Å². The maximum atomic E-state index is 13.4. The molecule has 0 saturated heterocycles. The Morgan fingerprint density at radius 1 is 0.973 bits per heavy atom. The summed E-state index contributed by atoms with van der Waals surface area (Å²) in [6.45, 7) is 4.24. The molecule has 1 aliphatic heterocycles. The Bertz CT molecular complexity index is 1460. The number of urea groups is 1.